The first-order valence-electron chi connectivity index (χ1n) is 3.20. The zero-order chi connectivity index (χ0) is 8.27. The number of aryl methyl sites for hydroxylation is 1. The van der Waals surface area contributed by atoms with E-state index >= 15 is 0 Å². The maximum Gasteiger partial charge on any atom is 0.173 e. The molecular weight excluding hydrogens is 180 g/mol. The molecule has 0 aromatic carbocycles. The molecule has 0 aliphatic carbocycles. The van der Waals surface area contributed by atoms with Gasteiger partial charge < -0.3 is 4.57 Å². The number of rotatable bonds is 2. The fourth-order valence-corrected chi connectivity index (χ4v) is 1.56. The highest BCUT2D eigenvalue weighted by Gasteiger charge is 2.00. The predicted octanol–water partition coefficient (Wildman–Crippen LogP) is 2.70. The molecule has 11 heavy (non-hydrogen) atoms. The second-order valence-electron chi connectivity index (χ2n) is 2.04. The van der Waals surface area contributed by atoms with E-state index in [4.69, 9.17) is 11.6 Å². The van der Waals surface area contributed by atoms with Crippen molar-refractivity contribution in [3.63, 3.8) is 0 Å². The second kappa shape index (κ2) is 3.83. The van der Waals surface area contributed by atoms with Crippen molar-refractivity contribution in [2.75, 3.05) is 0 Å². The van der Waals surface area contributed by atoms with Crippen molar-refractivity contribution in [2.45, 2.75) is 12.1 Å². The van der Waals surface area contributed by atoms with E-state index < -0.39 is 0 Å². The Morgan fingerprint density at radius 3 is 2.91 bits per heavy atom. The molecule has 0 bridgehead atoms. The summed E-state index contributed by atoms with van der Waals surface area (Å²) in [6.07, 6.45) is 3.75. The van der Waals surface area contributed by atoms with E-state index in [1.807, 2.05) is 30.0 Å². The van der Waals surface area contributed by atoms with Crippen LogP contribution in [0.25, 0.3) is 0 Å². The molecule has 60 valence electrons. The number of hydrogen-bond donors (Lipinski definition) is 0. The van der Waals surface area contributed by atoms with Crippen LogP contribution in [0.5, 0.6) is 0 Å². The Morgan fingerprint density at radius 2 is 2.45 bits per heavy atom. The summed E-state index contributed by atoms with van der Waals surface area (Å²) < 4.78 is 1.90. The first kappa shape index (κ1) is 8.68. The van der Waals surface area contributed by atoms with Crippen molar-refractivity contribution in [3.8, 4) is 0 Å². The van der Waals surface area contributed by atoms with Crippen LogP contribution in [0.3, 0.4) is 0 Å². The van der Waals surface area contributed by atoms with Crippen LogP contribution in [-0.2, 0) is 7.05 Å². The van der Waals surface area contributed by atoms with Crippen LogP contribution in [0.15, 0.2) is 22.8 Å². The van der Waals surface area contributed by atoms with Crippen molar-refractivity contribution in [3.05, 3.63) is 22.8 Å². The van der Waals surface area contributed by atoms with Gasteiger partial charge in [0.2, 0.25) is 0 Å². The number of imidazole rings is 1. The van der Waals surface area contributed by atoms with Gasteiger partial charge in [0.15, 0.2) is 5.16 Å². The standard InChI is InChI=1S/C7H9ClN2S/c1-3-4-11-7-9-6(8)5-10(7)2/h3-5H,1-2H3/b4-3+. The van der Waals surface area contributed by atoms with Crippen LogP contribution in [0, 0.1) is 0 Å². The molecule has 0 aliphatic heterocycles. The van der Waals surface area contributed by atoms with Gasteiger partial charge in [-0.25, -0.2) is 4.98 Å². The van der Waals surface area contributed by atoms with E-state index in [9.17, 15) is 0 Å². The summed E-state index contributed by atoms with van der Waals surface area (Å²) in [7, 11) is 1.92. The second-order valence-corrected chi connectivity index (χ2v) is 3.30. The highest BCUT2D eigenvalue weighted by molar-refractivity contribution is 8.02. The van der Waals surface area contributed by atoms with Crippen molar-refractivity contribution in [2.24, 2.45) is 7.05 Å². The maximum atomic E-state index is 5.68. The maximum absolute atomic E-state index is 5.68. The molecule has 1 aromatic rings. The lowest BCUT2D eigenvalue weighted by Gasteiger charge is -1.93. The van der Waals surface area contributed by atoms with Gasteiger partial charge in [0.1, 0.15) is 5.15 Å². The smallest absolute Gasteiger partial charge is 0.173 e. The van der Waals surface area contributed by atoms with Crippen LogP contribution in [0.2, 0.25) is 5.15 Å². The lowest BCUT2D eigenvalue weighted by atomic mass is 10.8. The summed E-state index contributed by atoms with van der Waals surface area (Å²) in [4.78, 5) is 4.09. The molecule has 0 spiro atoms. The topological polar surface area (TPSA) is 17.8 Å². The summed E-state index contributed by atoms with van der Waals surface area (Å²) in [5.41, 5.74) is 0. The molecule has 0 fully saturated rings. The summed E-state index contributed by atoms with van der Waals surface area (Å²) >= 11 is 7.23. The lowest BCUT2D eigenvalue weighted by Crippen LogP contribution is -1.85. The Labute approximate surface area is 75.3 Å². The van der Waals surface area contributed by atoms with Gasteiger partial charge in [-0.2, -0.15) is 0 Å². The van der Waals surface area contributed by atoms with Crippen LogP contribution in [-0.4, -0.2) is 9.55 Å². The zero-order valence-corrected chi connectivity index (χ0v) is 7.99. The Morgan fingerprint density at radius 1 is 1.73 bits per heavy atom. The number of allylic oxidation sites excluding steroid dienone is 1. The van der Waals surface area contributed by atoms with Crippen molar-refractivity contribution in [1.82, 2.24) is 9.55 Å². The Balaban J connectivity index is 2.77. The minimum Gasteiger partial charge on any atom is -0.327 e. The minimum atomic E-state index is 0.541. The third-order valence-corrected chi connectivity index (χ3v) is 2.29. The number of thioether (sulfide) groups is 1. The molecule has 1 aromatic heterocycles. The average molecular weight is 189 g/mol. The average Bonchev–Trinajstić information content (AvgIpc) is 2.26. The van der Waals surface area contributed by atoms with Crippen molar-refractivity contribution >= 4 is 23.4 Å². The quantitative estimate of drug-likeness (QED) is 0.665. The fourth-order valence-electron chi connectivity index (χ4n) is 0.653. The molecular formula is C7H9ClN2S. The Kier molecular flexibility index (Phi) is 3.02. The molecule has 2 nitrogen and oxygen atoms in total. The first-order valence-corrected chi connectivity index (χ1v) is 4.46. The lowest BCUT2D eigenvalue weighted by molar-refractivity contribution is 0.792. The molecule has 1 rings (SSSR count). The molecule has 0 saturated heterocycles. The minimum absolute atomic E-state index is 0.541. The number of halogens is 1. The molecule has 0 amide bonds. The Bertz CT molecular complexity index is 267. The van der Waals surface area contributed by atoms with Gasteiger partial charge >= 0.3 is 0 Å². The highest BCUT2D eigenvalue weighted by Crippen LogP contribution is 2.19. The fraction of sp³-hybridized carbons (Fsp3) is 0.286. The van der Waals surface area contributed by atoms with Crippen LogP contribution >= 0.6 is 23.4 Å². The largest absolute Gasteiger partial charge is 0.327 e. The van der Waals surface area contributed by atoms with E-state index in [2.05, 4.69) is 4.98 Å². The molecule has 0 N–H and O–H groups in total. The number of nitrogens with zero attached hydrogens (tertiary/aromatic N) is 2. The molecule has 1 heterocycles. The summed E-state index contributed by atoms with van der Waals surface area (Å²) in [5.74, 6) is 0. The van der Waals surface area contributed by atoms with Gasteiger partial charge in [-0.15, -0.1) is 0 Å². The molecule has 4 heteroatoms. The highest BCUT2D eigenvalue weighted by atomic mass is 35.5. The van der Waals surface area contributed by atoms with Gasteiger partial charge in [0, 0.05) is 13.2 Å². The van der Waals surface area contributed by atoms with Gasteiger partial charge in [-0.1, -0.05) is 29.4 Å². The zero-order valence-electron chi connectivity index (χ0n) is 6.41. The van der Waals surface area contributed by atoms with E-state index in [0.717, 1.165) is 5.16 Å². The molecule has 0 unspecified atom stereocenters. The van der Waals surface area contributed by atoms with Gasteiger partial charge in [-0.05, 0) is 12.3 Å². The number of hydrogen-bond acceptors (Lipinski definition) is 2. The van der Waals surface area contributed by atoms with Crippen molar-refractivity contribution in [1.29, 1.82) is 0 Å². The van der Waals surface area contributed by atoms with Crippen molar-refractivity contribution < 1.29 is 0 Å². The molecule has 0 aliphatic rings. The van der Waals surface area contributed by atoms with Crippen LogP contribution in [0.1, 0.15) is 6.92 Å². The van der Waals surface area contributed by atoms with E-state index in [1.54, 1.807) is 18.0 Å². The normalized spacial score (nSPS) is 11.2. The Hall–Kier alpha value is -0.410. The van der Waals surface area contributed by atoms with E-state index in [-0.39, 0.29) is 0 Å². The van der Waals surface area contributed by atoms with E-state index in [0.29, 0.717) is 5.15 Å². The van der Waals surface area contributed by atoms with Gasteiger partial charge in [0.25, 0.3) is 0 Å². The summed E-state index contributed by atoms with van der Waals surface area (Å²) in [6.45, 7) is 1.97. The predicted molar refractivity (Wildman–Crippen MR) is 48.9 cm³/mol. The van der Waals surface area contributed by atoms with E-state index in [1.165, 1.54) is 0 Å². The van der Waals surface area contributed by atoms with Gasteiger partial charge in [-0.3, -0.25) is 0 Å². The number of aromatic nitrogens is 2. The summed E-state index contributed by atoms with van der Waals surface area (Å²) in [5, 5.41) is 3.42. The SMILES string of the molecule is C/C=C/Sc1nc(Cl)cn1C. The van der Waals surface area contributed by atoms with Crippen LogP contribution < -0.4 is 0 Å². The summed E-state index contributed by atoms with van der Waals surface area (Å²) in [6, 6.07) is 0. The monoisotopic (exact) mass is 188 g/mol. The molecule has 0 radical (unpaired) electrons. The van der Waals surface area contributed by atoms with Crippen LogP contribution in [0.4, 0.5) is 0 Å². The first-order chi connectivity index (χ1) is 5.24. The third-order valence-electron chi connectivity index (χ3n) is 1.11. The molecule has 0 saturated carbocycles. The molecule has 0 atom stereocenters. The van der Waals surface area contributed by atoms with Gasteiger partial charge in [0.05, 0.1) is 0 Å². The third kappa shape index (κ3) is 2.27.